The number of amides is 1. The summed E-state index contributed by atoms with van der Waals surface area (Å²) in [6, 6.07) is 18.5. The fourth-order valence-corrected chi connectivity index (χ4v) is 3.99. The number of aromatic nitrogens is 4. The lowest BCUT2D eigenvalue weighted by Crippen LogP contribution is -2.20. The molecule has 4 rings (SSSR count). The average molecular weight is 494 g/mol. The molecule has 3 aromatic carbocycles. The third-order valence-corrected chi connectivity index (χ3v) is 6.00. The van der Waals surface area contributed by atoms with Crippen LogP contribution in [0.25, 0.3) is 5.69 Å². The first-order chi connectivity index (χ1) is 16.4. The number of rotatable bonds is 7. The summed E-state index contributed by atoms with van der Waals surface area (Å²) in [5.74, 6) is -0.573. The number of hydrogen-bond acceptors (Lipinski definition) is 8. The molecule has 0 saturated carbocycles. The molecule has 0 aliphatic carbocycles. The van der Waals surface area contributed by atoms with Gasteiger partial charge in [0.2, 0.25) is 0 Å². The maximum absolute atomic E-state index is 13.0. The van der Waals surface area contributed by atoms with Gasteiger partial charge in [-0.1, -0.05) is 35.5 Å². The summed E-state index contributed by atoms with van der Waals surface area (Å²) in [6.45, 7) is 1.73. The Kier molecular flexibility index (Phi) is 6.95. The molecule has 10 nitrogen and oxygen atoms in total. The molecule has 170 valence electrons. The van der Waals surface area contributed by atoms with Crippen LogP contribution in [0.3, 0.4) is 0 Å². The van der Waals surface area contributed by atoms with Crippen molar-refractivity contribution in [2.24, 2.45) is 5.10 Å². The summed E-state index contributed by atoms with van der Waals surface area (Å²) in [7, 11) is 0. The molecular weight excluding hydrogens is 478 g/mol. The summed E-state index contributed by atoms with van der Waals surface area (Å²) >= 11 is 7.23. The van der Waals surface area contributed by atoms with E-state index in [9.17, 15) is 14.9 Å². The average Bonchev–Trinajstić information content (AvgIpc) is 3.39. The smallest absolute Gasteiger partial charge is 0.267 e. The zero-order valence-electron chi connectivity index (χ0n) is 17.6. The zero-order chi connectivity index (χ0) is 24.1. The fraction of sp³-hybridized carbons (Fsp3) is 0.0455. The third-order valence-electron chi connectivity index (χ3n) is 4.66. The lowest BCUT2D eigenvalue weighted by Gasteiger charge is -2.09. The minimum Gasteiger partial charge on any atom is -0.267 e. The molecule has 0 saturated heterocycles. The second kappa shape index (κ2) is 10.2. The van der Waals surface area contributed by atoms with Gasteiger partial charge in [-0.05, 0) is 65.4 Å². The molecule has 1 aromatic heterocycles. The number of hydrogen-bond donors (Lipinski definition) is 1. The summed E-state index contributed by atoms with van der Waals surface area (Å²) in [5, 5.41) is 27.1. The number of nitrogens with zero attached hydrogens (tertiary/aromatic N) is 6. The number of halogens is 1. The van der Waals surface area contributed by atoms with Gasteiger partial charge >= 0.3 is 0 Å². The van der Waals surface area contributed by atoms with E-state index in [1.165, 1.54) is 34.9 Å². The van der Waals surface area contributed by atoms with Crippen LogP contribution in [-0.2, 0) is 0 Å². The van der Waals surface area contributed by atoms with E-state index in [4.69, 9.17) is 11.6 Å². The number of carbonyl (C=O) groups is 1. The first-order valence-corrected chi connectivity index (χ1v) is 11.0. The molecule has 1 amide bonds. The first kappa shape index (κ1) is 23.1. The van der Waals surface area contributed by atoms with Crippen molar-refractivity contribution in [2.75, 3.05) is 0 Å². The van der Waals surface area contributed by atoms with E-state index in [0.29, 0.717) is 15.6 Å². The van der Waals surface area contributed by atoms with Gasteiger partial charge in [-0.3, -0.25) is 14.9 Å². The van der Waals surface area contributed by atoms with E-state index >= 15 is 0 Å². The van der Waals surface area contributed by atoms with Crippen molar-refractivity contribution in [2.45, 2.75) is 16.7 Å². The Morgan fingerprint density at radius 3 is 2.65 bits per heavy atom. The minimum atomic E-state index is -0.573. The number of non-ortho nitro benzene ring substituents is 1. The van der Waals surface area contributed by atoms with E-state index in [0.717, 1.165) is 16.1 Å². The quantitative estimate of drug-likeness (QED) is 0.227. The molecule has 1 N–H and O–H groups in total. The highest BCUT2D eigenvalue weighted by atomic mass is 35.5. The highest BCUT2D eigenvalue weighted by Gasteiger charge is 2.18. The number of hydrazone groups is 1. The van der Waals surface area contributed by atoms with Crippen LogP contribution in [0.2, 0.25) is 5.02 Å². The Morgan fingerprint density at radius 1 is 1.15 bits per heavy atom. The van der Waals surface area contributed by atoms with Gasteiger partial charge in [-0.2, -0.15) is 5.10 Å². The molecule has 0 aliphatic heterocycles. The predicted octanol–water partition coefficient (Wildman–Crippen LogP) is 4.53. The van der Waals surface area contributed by atoms with Crippen LogP contribution in [-0.4, -0.2) is 36.7 Å². The molecule has 0 aliphatic rings. The SMILES string of the molecule is C/C(=N/NC(=O)c1cc([N+](=O)[O-])ccc1Sc1ccc(Cl)cc1)c1cccc(-n2cnnn2)c1. The number of benzene rings is 3. The molecule has 34 heavy (non-hydrogen) atoms. The lowest BCUT2D eigenvalue weighted by molar-refractivity contribution is -0.384. The van der Waals surface area contributed by atoms with Gasteiger partial charge in [0.05, 0.1) is 21.9 Å². The monoisotopic (exact) mass is 493 g/mol. The summed E-state index contributed by atoms with van der Waals surface area (Å²) in [6.07, 6.45) is 1.47. The molecule has 0 unspecified atom stereocenters. The zero-order valence-corrected chi connectivity index (χ0v) is 19.2. The summed E-state index contributed by atoms with van der Waals surface area (Å²) in [5.41, 5.74) is 4.43. The maximum atomic E-state index is 13.0. The van der Waals surface area contributed by atoms with Crippen LogP contribution in [0.1, 0.15) is 22.8 Å². The van der Waals surface area contributed by atoms with Gasteiger partial charge in [0, 0.05) is 26.9 Å². The van der Waals surface area contributed by atoms with Crippen molar-refractivity contribution in [3.05, 3.63) is 99.3 Å². The van der Waals surface area contributed by atoms with Crippen LogP contribution in [0.15, 0.2) is 87.9 Å². The Hall–Kier alpha value is -4.09. The Labute approximate surface area is 202 Å². The predicted molar refractivity (Wildman–Crippen MR) is 128 cm³/mol. The first-order valence-electron chi connectivity index (χ1n) is 9.81. The number of tetrazole rings is 1. The molecule has 4 aromatic rings. The molecule has 0 fully saturated rings. The van der Waals surface area contributed by atoms with Gasteiger partial charge in [0.25, 0.3) is 11.6 Å². The third kappa shape index (κ3) is 5.45. The Bertz CT molecular complexity index is 1380. The molecule has 1 heterocycles. The number of nitrogens with one attached hydrogen (secondary N) is 1. The van der Waals surface area contributed by atoms with Crippen LogP contribution >= 0.6 is 23.4 Å². The van der Waals surface area contributed by atoms with E-state index in [1.807, 2.05) is 24.3 Å². The van der Waals surface area contributed by atoms with Crippen molar-refractivity contribution in [1.82, 2.24) is 25.6 Å². The molecule has 0 radical (unpaired) electrons. The summed E-state index contributed by atoms with van der Waals surface area (Å²) < 4.78 is 1.50. The van der Waals surface area contributed by atoms with Crippen molar-refractivity contribution in [3.8, 4) is 5.69 Å². The molecule has 0 bridgehead atoms. The van der Waals surface area contributed by atoms with Gasteiger partial charge in [0.15, 0.2) is 0 Å². The van der Waals surface area contributed by atoms with Crippen LogP contribution in [0, 0.1) is 10.1 Å². The van der Waals surface area contributed by atoms with Crippen molar-refractivity contribution >= 4 is 40.7 Å². The maximum Gasteiger partial charge on any atom is 0.272 e. The van der Waals surface area contributed by atoms with E-state index in [-0.39, 0.29) is 11.3 Å². The van der Waals surface area contributed by atoms with E-state index < -0.39 is 10.8 Å². The van der Waals surface area contributed by atoms with Crippen molar-refractivity contribution in [1.29, 1.82) is 0 Å². The number of carbonyl (C=O) groups excluding carboxylic acids is 1. The topological polar surface area (TPSA) is 128 Å². The highest BCUT2D eigenvalue weighted by Crippen LogP contribution is 2.33. The van der Waals surface area contributed by atoms with E-state index in [1.54, 1.807) is 37.3 Å². The minimum absolute atomic E-state index is 0.133. The van der Waals surface area contributed by atoms with Gasteiger partial charge in [-0.25, -0.2) is 10.1 Å². The molecule has 0 spiro atoms. The number of nitro groups is 1. The normalized spacial score (nSPS) is 11.3. The summed E-state index contributed by atoms with van der Waals surface area (Å²) in [4.78, 5) is 25.1. The largest absolute Gasteiger partial charge is 0.272 e. The van der Waals surface area contributed by atoms with Crippen LogP contribution in [0.4, 0.5) is 5.69 Å². The van der Waals surface area contributed by atoms with Crippen molar-refractivity contribution in [3.63, 3.8) is 0 Å². The van der Waals surface area contributed by atoms with Crippen molar-refractivity contribution < 1.29 is 9.72 Å². The number of nitro benzene ring substituents is 1. The second-order valence-corrected chi connectivity index (χ2v) is 8.49. The molecular formula is C22H16ClN7O3S. The lowest BCUT2D eigenvalue weighted by atomic mass is 10.1. The van der Waals surface area contributed by atoms with Crippen LogP contribution in [0.5, 0.6) is 0 Å². The fourth-order valence-electron chi connectivity index (χ4n) is 2.94. The van der Waals surface area contributed by atoms with E-state index in [2.05, 4.69) is 26.1 Å². The Morgan fingerprint density at radius 2 is 1.94 bits per heavy atom. The molecule has 12 heteroatoms. The molecule has 0 atom stereocenters. The Balaban J connectivity index is 1.58. The van der Waals surface area contributed by atoms with Gasteiger partial charge in [-0.15, -0.1) is 5.10 Å². The second-order valence-electron chi connectivity index (χ2n) is 6.94. The van der Waals surface area contributed by atoms with Gasteiger partial charge in [0.1, 0.15) is 6.33 Å². The standard InChI is InChI=1S/C22H16ClN7O3S/c1-14(15-3-2-4-17(11-15)29-13-24-27-28-29)25-26-22(31)20-12-18(30(32)33)7-10-21(20)34-19-8-5-16(23)6-9-19/h2-13H,1H3,(H,26,31)/b25-14-. The highest BCUT2D eigenvalue weighted by molar-refractivity contribution is 7.99. The van der Waals surface area contributed by atoms with Crippen LogP contribution < -0.4 is 5.43 Å². The van der Waals surface area contributed by atoms with Gasteiger partial charge < -0.3 is 0 Å².